The molecule has 0 spiro atoms. The van der Waals surface area contributed by atoms with E-state index in [1.165, 1.54) is 5.56 Å². The number of hydrogen-bond acceptors (Lipinski definition) is 3. The highest BCUT2D eigenvalue weighted by Crippen LogP contribution is 2.18. The Bertz CT molecular complexity index is 611. The molecule has 1 atom stereocenters. The number of carboxylic acids is 1. The van der Waals surface area contributed by atoms with Crippen LogP contribution in [0.1, 0.15) is 40.9 Å². The van der Waals surface area contributed by atoms with Crippen LogP contribution in [0.25, 0.3) is 0 Å². The molecule has 0 amide bonds. The highest BCUT2D eigenvalue weighted by molar-refractivity contribution is 5.89. The summed E-state index contributed by atoms with van der Waals surface area (Å²) in [7, 11) is 0. The van der Waals surface area contributed by atoms with Gasteiger partial charge in [-0.25, -0.2) is 9.78 Å². The fourth-order valence-electron chi connectivity index (χ4n) is 2.25. The first-order chi connectivity index (χ1) is 10.1. The Morgan fingerprint density at radius 1 is 1.24 bits per heavy atom. The van der Waals surface area contributed by atoms with Gasteiger partial charge in [0.05, 0.1) is 11.3 Å². The van der Waals surface area contributed by atoms with Gasteiger partial charge in [-0.3, -0.25) is 0 Å². The third-order valence-electron chi connectivity index (χ3n) is 3.57. The zero-order valence-electron chi connectivity index (χ0n) is 12.3. The van der Waals surface area contributed by atoms with E-state index >= 15 is 0 Å². The number of aromatic nitrogens is 1. The lowest BCUT2D eigenvalue weighted by Crippen LogP contribution is -2.09. The van der Waals surface area contributed by atoms with Gasteiger partial charge in [-0.15, -0.1) is 0 Å². The summed E-state index contributed by atoms with van der Waals surface area (Å²) in [5, 5.41) is 12.2. The van der Waals surface area contributed by atoms with Gasteiger partial charge in [-0.05, 0) is 37.0 Å². The molecule has 1 unspecified atom stereocenters. The highest BCUT2D eigenvalue weighted by Gasteiger charge is 2.09. The predicted molar refractivity (Wildman–Crippen MR) is 83.9 cm³/mol. The fraction of sp³-hybridized carbons (Fsp3) is 0.294. The van der Waals surface area contributed by atoms with E-state index in [0.29, 0.717) is 11.6 Å². The molecule has 2 rings (SSSR count). The molecule has 2 N–H and O–H groups in total. The van der Waals surface area contributed by atoms with Gasteiger partial charge in [0, 0.05) is 6.54 Å². The number of rotatable bonds is 6. The SMILES string of the molecule is Cc1nc(NCCC(C)c2ccccc2)ccc1C(=O)O. The number of nitrogens with zero attached hydrogens (tertiary/aromatic N) is 1. The molecule has 110 valence electrons. The molecule has 1 heterocycles. The van der Waals surface area contributed by atoms with E-state index in [4.69, 9.17) is 5.11 Å². The van der Waals surface area contributed by atoms with E-state index < -0.39 is 5.97 Å². The molecule has 0 saturated carbocycles. The number of nitrogens with one attached hydrogen (secondary N) is 1. The van der Waals surface area contributed by atoms with Crippen molar-refractivity contribution >= 4 is 11.8 Å². The Kier molecular flexibility index (Phi) is 4.93. The van der Waals surface area contributed by atoms with Gasteiger partial charge < -0.3 is 10.4 Å². The second-order valence-electron chi connectivity index (χ2n) is 5.16. The predicted octanol–water partition coefficient (Wildman–Crippen LogP) is 3.69. The second kappa shape index (κ2) is 6.88. The molecule has 21 heavy (non-hydrogen) atoms. The van der Waals surface area contributed by atoms with Gasteiger partial charge in [0.2, 0.25) is 0 Å². The average Bonchev–Trinajstić information content (AvgIpc) is 2.47. The molecular formula is C17H20N2O2. The summed E-state index contributed by atoms with van der Waals surface area (Å²) in [5.41, 5.74) is 2.10. The molecule has 0 fully saturated rings. The zero-order chi connectivity index (χ0) is 15.2. The molecule has 2 aromatic rings. The number of benzene rings is 1. The Morgan fingerprint density at radius 2 is 1.95 bits per heavy atom. The average molecular weight is 284 g/mol. The molecule has 0 bridgehead atoms. The van der Waals surface area contributed by atoms with Crippen LogP contribution in [0.15, 0.2) is 42.5 Å². The molecule has 1 aromatic carbocycles. The van der Waals surface area contributed by atoms with Gasteiger partial charge in [-0.2, -0.15) is 0 Å². The van der Waals surface area contributed by atoms with Crippen LogP contribution >= 0.6 is 0 Å². The lowest BCUT2D eigenvalue weighted by molar-refractivity contribution is 0.0695. The van der Waals surface area contributed by atoms with Gasteiger partial charge >= 0.3 is 5.97 Å². The zero-order valence-corrected chi connectivity index (χ0v) is 12.3. The Hall–Kier alpha value is -2.36. The van der Waals surface area contributed by atoms with Gasteiger partial charge in [0.25, 0.3) is 0 Å². The van der Waals surface area contributed by atoms with E-state index in [1.807, 2.05) is 6.07 Å². The maximum absolute atomic E-state index is 10.9. The lowest BCUT2D eigenvalue weighted by atomic mass is 9.98. The number of hydrogen-bond donors (Lipinski definition) is 2. The number of aryl methyl sites for hydroxylation is 1. The van der Waals surface area contributed by atoms with Crippen molar-refractivity contribution in [2.24, 2.45) is 0 Å². The number of carboxylic acid groups (broad SMARTS) is 1. The summed E-state index contributed by atoms with van der Waals surface area (Å²) in [5.74, 6) is 0.250. The van der Waals surface area contributed by atoms with Crippen molar-refractivity contribution in [3.63, 3.8) is 0 Å². The van der Waals surface area contributed by atoms with Crippen LogP contribution in [0.4, 0.5) is 5.82 Å². The van der Waals surface area contributed by atoms with Crippen LogP contribution < -0.4 is 5.32 Å². The molecular weight excluding hydrogens is 264 g/mol. The summed E-state index contributed by atoms with van der Waals surface area (Å²) in [6.45, 7) is 4.71. The third-order valence-corrected chi connectivity index (χ3v) is 3.57. The molecule has 0 radical (unpaired) electrons. The van der Waals surface area contributed by atoms with Crippen molar-refractivity contribution in [2.75, 3.05) is 11.9 Å². The molecule has 1 aromatic heterocycles. The quantitative estimate of drug-likeness (QED) is 0.849. The van der Waals surface area contributed by atoms with Crippen LogP contribution in [-0.2, 0) is 0 Å². The van der Waals surface area contributed by atoms with E-state index in [1.54, 1.807) is 19.1 Å². The van der Waals surface area contributed by atoms with E-state index in [-0.39, 0.29) is 5.56 Å². The number of pyridine rings is 1. The number of carbonyl (C=O) groups is 1. The van der Waals surface area contributed by atoms with Crippen molar-refractivity contribution in [1.29, 1.82) is 0 Å². The summed E-state index contributed by atoms with van der Waals surface area (Å²) in [6.07, 6.45) is 0.991. The maximum Gasteiger partial charge on any atom is 0.337 e. The van der Waals surface area contributed by atoms with Crippen LogP contribution in [-0.4, -0.2) is 22.6 Å². The molecule has 0 aliphatic rings. The fourth-order valence-corrected chi connectivity index (χ4v) is 2.25. The summed E-state index contributed by atoms with van der Waals surface area (Å²) >= 11 is 0. The molecule has 0 saturated heterocycles. The van der Waals surface area contributed by atoms with E-state index in [2.05, 4.69) is 41.5 Å². The summed E-state index contributed by atoms with van der Waals surface area (Å²) in [6, 6.07) is 13.7. The minimum atomic E-state index is -0.941. The van der Waals surface area contributed by atoms with E-state index in [9.17, 15) is 4.79 Å². The maximum atomic E-state index is 10.9. The number of aromatic carboxylic acids is 1. The monoisotopic (exact) mass is 284 g/mol. The Labute approximate surface area is 124 Å². The van der Waals surface area contributed by atoms with Crippen molar-refractivity contribution in [3.8, 4) is 0 Å². The van der Waals surface area contributed by atoms with Crippen molar-refractivity contribution in [3.05, 3.63) is 59.3 Å². The van der Waals surface area contributed by atoms with Crippen LogP contribution in [0.3, 0.4) is 0 Å². The lowest BCUT2D eigenvalue weighted by Gasteiger charge is -2.13. The van der Waals surface area contributed by atoms with Gasteiger partial charge in [0.15, 0.2) is 0 Å². The number of anilines is 1. The third kappa shape index (κ3) is 4.05. The normalized spacial score (nSPS) is 11.9. The summed E-state index contributed by atoms with van der Waals surface area (Å²) < 4.78 is 0. The topological polar surface area (TPSA) is 62.2 Å². The minimum Gasteiger partial charge on any atom is -0.478 e. The van der Waals surface area contributed by atoms with Crippen molar-refractivity contribution in [2.45, 2.75) is 26.2 Å². The first-order valence-electron chi connectivity index (χ1n) is 7.07. The van der Waals surface area contributed by atoms with E-state index in [0.717, 1.165) is 18.8 Å². The van der Waals surface area contributed by atoms with Crippen LogP contribution in [0.2, 0.25) is 0 Å². The van der Waals surface area contributed by atoms with Crippen molar-refractivity contribution < 1.29 is 9.90 Å². The van der Waals surface area contributed by atoms with Gasteiger partial charge in [0.1, 0.15) is 5.82 Å². The Morgan fingerprint density at radius 3 is 2.57 bits per heavy atom. The molecule has 4 nitrogen and oxygen atoms in total. The standard InChI is InChI=1S/C17H20N2O2/c1-12(14-6-4-3-5-7-14)10-11-18-16-9-8-15(17(20)21)13(2)19-16/h3-9,12H,10-11H2,1-2H3,(H,18,19)(H,20,21). The summed E-state index contributed by atoms with van der Waals surface area (Å²) in [4.78, 5) is 15.2. The van der Waals surface area contributed by atoms with Crippen LogP contribution in [0, 0.1) is 6.92 Å². The van der Waals surface area contributed by atoms with Crippen LogP contribution in [0.5, 0.6) is 0 Å². The largest absolute Gasteiger partial charge is 0.478 e. The molecule has 0 aliphatic carbocycles. The molecule has 0 aliphatic heterocycles. The smallest absolute Gasteiger partial charge is 0.337 e. The Balaban J connectivity index is 1.89. The van der Waals surface area contributed by atoms with Crippen molar-refractivity contribution in [1.82, 2.24) is 4.98 Å². The first-order valence-corrected chi connectivity index (χ1v) is 7.07. The minimum absolute atomic E-state index is 0.248. The second-order valence-corrected chi connectivity index (χ2v) is 5.16. The molecule has 4 heteroatoms. The highest BCUT2D eigenvalue weighted by atomic mass is 16.4. The van der Waals surface area contributed by atoms with Gasteiger partial charge in [-0.1, -0.05) is 37.3 Å². The first kappa shape index (κ1) is 15.0.